The number of rotatable bonds is 7. The van der Waals surface area contributed by atoms with Crippen molar-refractivity contribution in [1.29, 1.82) is 0 Å². The zero-order valence-corrected chi connectivity index (χ0v) is 11.0. The third kappa shape index (κ3) is 5.22. The monoisotopic (exact) mass is 255 g/mol. The lowest BCUT2D eigenvalue weighted by atomic mass is 10.2. The second-order valence-electron chi connectivity index (χ2n) is 3.49. The highest BCUT2D eigenvalue weighted by Gasteiger charge is 1.98. The molecule has 94 valence electrons. The third-order valence-electron chi connectivity index (χ3n) is 2.23. The molecule has 4 heteroatoms. The minimum absolute atomic E-state index is 0.627. The summed E-state index contributed by atoms with van der Waals surface area (Å²) in [5.74, 6) is 0.696. The summed E-state index contributed by atoms with van der Waals surface area (Å²) in [6, 6.07) is 5.71. The van der Waals surface area contributed by atoms with Gasteiger partial charge in [-0.25, -0.2) is 0 Å². The minimum Gasteiger partial charge on any atom is -0.495 e. The maximum absolute atomic E-state index is 6.02. The van der Waals surface area contributed by atoms with E-state index in [1.54, 1.807) is 14.2 Å². The van der Waals surface area contributed by atoms with E-state index in [0.29, 0.717) is 10.8 Å². The Morgan fingerprint density at radius 3 is 2.82 bits per heavy atom. The Balaban J connectivity index is 2.40. The highest BCUT2D eigenvalue weighted by Crippen LogP contribution is 2.25. The molecule has 0 radical (unpaired) electrons. The van der Waals surface area contributed by atoms with Crippen molar-refractivity contribution in [3.63, 3.8) is 0 Å². The van der Waals surface area contributed by atoms with Gasteiger partial charge in [-0.1, -0.05) is 29.8 Å². The Morgan fingerprint density at radius 2 is 2.18 bits per heavy atom. The van der Waals surface area contributed by atoms with Gasteiger partial charge >= 0.3 is 0 Å². The van der Waals surface area contributed by atoms with Crippen LogP contribution in [0.5, 0.6) is 5.75 Å². The lowest BCUT2D eigenvalue weighted by Crippen LogP contribution is -2.18. The number of benzene rings is 1. The van der Waals surface area contributed by atoms with Crippen LogP contribution < -0.4 is 10.1 Å². The smallest absolute Gasteiger partial charge is 0.137 e. The minimum atomic E-state index is 0.627. The Kier molecular flexibility index (Phi) is 6.70. The van der Waals surface area contributed by atoms with Crippen LogP contribution in [0.2, 0.25) is 5.02 Å². The molecule has 0 spiro atoms. The summed E-state index contributed by atoms with van der Waals surface area (Å²) in [5.41, 5.74) is 1.06. The van der Waals surface area contributed by atoms with Crippen molar-refractivity contribution in [2.24, 2.45) is 0 Å². The molecule has 1 aromatic carbocycles. The van der Waals surface area contributed by atoms with Crippen molar-refractivity contribution in [2.75, 3.05) is 33.9 Å². The first-order valence-electron chi connectivity index (χ1n) is 5.47. The lowest BCUT2D eigenvalue weighted by Gasteiger charge is -2.03. The van der Waals surface area contributed by atoms with Gasteiger partial charge in [-0.3, -0.25) is 0 Å². The van der Waals surface area contributed by atoms with Crippen LogP contribution in [0.3, 0.4) is 0 Å². The Morgan fingerprint density at radius 1 is 1.35 bits per heavy atom. The topological polar surface area (TPSA) is 30.5 Å². The van der Waals surface area contributed by atoms with E-state index in [-0.39, 0.29) is 0 Å². The van der Waals surface area contributed by atoms with Gasteiger partial charge in [-0.15, -0.1) is 0 Å². The molecule has 0 atom stereocenters. The fourth-order valence-electron chi connectivity index (χ4n) is 1.34. The number of nitrogens with one attached hydrogen (secondary N) is 1. The molecule has 1 aromatic rings. The van der Waals surface area contributed by atoms with Crippen LogP contribution >= 0.6 is 11.6 Å². The molecule has 1 rings (SSSR count). The van der Waals surface area contributed by atoms with Gasteiger partial charge in [0.25, 0.3) is 0 Å². The largest absolute Gasteiger partial charge is 0.495 e. The van der Waals surface area contributed by atoms with Crippen molar-refractivity contribution in [2.45, 2.75) is 0 Å². The van der Waals surface area contributed by atoms with Gasteiger partial charge in [0.15, 0.2) is 0 Å². The molecule has 0 saturated carbocycles. The lowest BCUT2D eigenvalue weighted by molar-refractivity contribution is 0.200. The Bertz CT molecular complexity index is 366. The van der Waals surface area contributed by atoms with Crippen LogP contribution in [0.1, 0.15) is 5.56 Å². The second-order valence-corrected chi connectivity index (χ2v) is 3.90. The molecule has 0 amide bonds. The maximum atomic E-state index is 6.02. The molecule has 1 N–H and O–H groups in total. The van der Waals surface area contributed by atoms with E-state index in [1.807, 2.05) is 30.4 Å². The van der Waals surface area contributed by atoms with Crippen molar-refractivity contribution >= 4 is 17.7 Å². The molecule has 0 fully saturated rings. The zero-order chi connectivity index (χ0) is 12.5. The number of hydrogen-bond donors (Lipinski definition) is 1. The fraction of sp³-hybridized carbons (Fsp3) is 0.385. The van der Waals surface area contributed by atoms with Crippen molar-refractivity contribution < 1.29 is 9.47 Å². The summed E-state index contributed by atoms with van der Waals surface area (Å²) in [4.78, 5) is 0. The Hall–Kier alpha value is -1.03. The van der Waals surface area contributed by atoms with E-state index >= 15 is 0 Å². The van der Waals surface area contributed by atoms with E-state index in [4.69, 9.17) is 21.1 Å². The molecule has 0 aliphatic rings. The van der Waals surface area contributed by atoms with E-state index in [0.717, 1.165) is 25.3 Å². The highest BCUT2D eigenvalue weighted by atomic mass is 35.5. The maximum Gasteiger partial charge on any atom is 0.137 e. The van der Waals surface area contributed by atoms with E-state index in [2.05, 4.69) is 5.32 Å². The van der Waals surface area contributed by atoms with Gasteiger partial charge in [0.2, 0.25) is 0 Å². The number of hydrogen-bond acceptors (Lipinski definition) is 3. The molecule has 0 bridgehead atoms. The fourth-order valence-corrected chi connectivity index (χ4v) is 1.61. The van der Waals surface area contributed by atoms with Crippen molar-refractivity contribution in [3.05, 3.63) is 34.9 Å². The summed E-state index contributed by atoms with van der Waals surface area (Å²) in [6.45, 7) is 2.39. The van der Waals surface area contributed by atoms with Crippen LogP contribution in [-0.2, 0) is 4.74 Å². The first-order chi connectivity index (χ1) is 8.27. The second kappa shape index (κ2) is 8.12. The molecule has 0 aromatic heterocycles. The van der Waals surface area contributed by atoms with Crippen molar-refractivity contribution in [1.82, 2.24) is 5.32 Å². The molecule has 0 unspecified atom stereocenters. The van der Waals surface area contributed by atoms with Crippen LogP contribution in [-0.4, -0.2) is 33.9 Å². The highest BCUT2D eigenvalue weighted by molar-refractivity contribution is 6.32. The summed E-state index contributed by atoms with van der Waals surface area (Å²) < 4.78 is 10.0. The number of ether oxygens (including phenoxy) is 2. The SMILES string of the molecule is COCCNCC=Cc1ccc(OC)c(Cl)c1. The van der Waals surface area contributed by atoms with Gasteiger partial charge in [-0.2, -0.15) is 0 Å². The van der Waals surface area contributed by atoms with Crippen LogP contribution in [0.4, 0.5) is 0 Å². The molecular formula is C13H18ClNO2. The van der Waals surface area contributed by atoms with Gasteiger partial charge in [0, 0.05) is 20.2 Å². The normalized spacial score (nSPS) is 11.0. The van der Waals surface area contributed by atoms with E-state index in [1.165, 1.54) is 0 Å². The predicted molar refractivity (Wildman–Crippen MR) is 71.8 cm³/mol. The quantitative estimate of drug-likeness (QED) is 0.760. The Labute approximate surface area is 107 Å². The summed E-state index contributed by atoms with van der Waals surface area (Å²) in [5, 5.41) is 3.85. The average Bonchev–Trinajstić information content (AvgIpc) is 2.34. The van der Waals surface area contributed by atoms with Gasteiger partial charge in [-0.05, 0) is 17.7 Å². The first kappa shape index (κ1) is 14.0. The average molecular weight is 256 g/mol. The third-order valence-corrected chi connectivity index (χ3v) is 2.53. The summed E-state index contributed by atoms with van der Waals surface area (Å²) in [7, 11) is 3.30. The molecule has 17 heavy (non-hydrogen) atoms. The van der Waals surface area contributed by atoms with Crippen LogP contribution in [0.15, 0.2) is 24.3 Å². The molecule has 0 heterocycles. The first-order valence-corrected chi connectivity index (χ1v) is 5.85. The predicted octanol–water partition coefficient (Wildman–Crippen LogP) is 2.60. The van der Waals surface area contributed by atoms with E-state index < -0.39 is 0 Å². The number of halogens is 1. The standard InChI is InChI=1S/C13H18ClNO2/c1-16-9-8-15-7-3-4-11-5-6-13(17-2)12(14)10-11/h3-6,10,15H,7-9H2,1-2H3. The number of methoxy groups -OCH3 is 2. The van der Waals surface area contributed by atoms with Crippen molar-refractivity contribution in [3.8, 4) is 5.75 Å². The van der Waals surface area contributed by atoms with Gasteiger partial charge in [0.1, 0.15) is 5.75 Å². The molecule has 3 nitrogen and oxygen atoms in total. The van der Waals surface area contributed by atoms with Gasteiger partial charge < -0.3 is 14.8 Å². The van der Waals surface area contributed by atoms with Gasteiger partial charge in [0.05, 0.1) is 18.7 Å². The summed E-state index contributed by atoms with van der Waals surface area (Å²) in [6.07, 6.45) is 4.07. The van der Waals surface area contributed by atoms with Crippen LogP contribution in [0, 0.1) is 0 Å². The van der Waals surface area contributed by atoms with E-state index in [9.17, 15) is 0 Å². The zero-order valence-electron chi connectivity index (χ0n) is 10.2. The molecule has 0 aliphatic heterocycles. The molecule has 0 saturated heterocycles. The van der Waals surface area contributed by atoms with Crippen LogP contribution in [0.25, 0.3) is 6.08 Å². The molecule has 0 aliphatic carbocycles. The summed E-state index contributed by atoms with van der Waals surface area (Å²) >= 11 is 6.02. The molecular weight excluding hydrogens is 238 g/mol.